The average Bonchev–Trinajstić information content (AvgIpc) is 2.65. The predicted octanol–water partition coefficient (Wildman–Crippen LogP) is -2.07. The van der Waals surface area contributed by atoms with E-state index in [9.17, 15) is 34.2 Å². The van der Waals surface area contributed by atoms with Gasteiger partial charge in [-0.05, 0) is 12.8 Å². The van der Waals surface area contributed by atoms with Crippen molar-refractivity contribution in [2.45, 2.75) is 76.4 Å². The lowest BCUT2D eigenvalue weighted by Crippen LogP contribution is -2.63. The molecule has 1 amide bonds. The van der Waals surface area contributed by atoms with E-state index in [4.69, 9.17) is 25.7 Å². The van der Waals surface area contributed by atoms with E-state index in [1.807, 2.05) is 0 Å². The number of rotatable bonds is 10. The number of guanidine groups is 1. The molecule has 1 saturated carbocycles. The Labute approximate surface area is 189 Å². The number of hydrogen-bond donors (Lipinski definition) is 5. The van der Waals surface area contributed by atoms with E-state index >= 15 is 0 Å². The van der Waals surface area contributed by atoms with Crippen molar-refractivity contribution < 1.29 is 48.4 Å². The molecule has 0 unspecified atom stereocenters. The number of aliphatic imine (C=N–C) groups is 1. The Balaban J connectivity index is 3.17. The minimum Gasteiger partial charge on any atom is -0.480 e. The molecule has 1 aliphatic carbocycles. The minimum absolute atomic E-state index is 0.0556. The summed E-state index contributed by atoms with van der Waals surface area (Å²) < 4.78 is 15.4. The number of aliphatic hydroxyl groups excluding tert-OH is 1. The van der Waals surface area contributed by atoms with Gasteiger partial charge in [0.15, 0.2) is 17.7 Å². The van der Waals surface area contributed by atoms with Gasteiger partial charge in [0.25, 0.3) is 5.91 Å². The van der Waals surface area contributed by atoms with Crippen molar-refractivity contribution >= 4 is 35.7 Å². The third-order valence-electron chi connectivity index (χ3n) is 4.74. The number of carbonyl (C=O) groups is 5. The van der Waals surface area contributed by atoms with E-state index in [0.29, 0.717) is 0 Å². The van der Waals surface area contributed by atoms with Crippen molar-refractivity contribution in [2.75, 3.05) is 6.54 Å². The molecule has 1 aliphatic rings. The summed E-state index contributed by atoms with van der Waals surface area (Å²) in [6.45, 7) is 3.28. The van der Waals surface area contributed by atoms with Gasteiger partial charge in [-0.3, -0.25) is 24.2 Å². The highest BCUT2D eigenvalue weighted by Gasteiger charge is 2.55. The number of nitrogens with one attached hydrogen (secondary N) is 1. The fraction of sp³-hybridized carbons (Fsp3) is 0.684. The summed E-state index contributed by atoms with van der Waals surface area (Å²) in [6.07, 6.45) is -5.09. The van der Waals surface area contributed by atoms with Crippen LogP contribution in [0.3, 0.4) is 0 Å². The molecule has 0 bridgehead atoms. The van der Waals surface area contributed by atoms with Gasteiger partial charge in [0, 0.05) is 40.2 Å². The fourth-order valence-corrected chi connectivity index (χ4v) is 3.54. The number of carboxylic acid groups (broad SMARTS) is 1. The zero-order chi connectivity index (χ0) is 25.3. The van der Waals surface area contributed by atoms with Gasteiger partial charge in [-0.2, -0.15) is 0 Å². The number of carbonyl (C=O) groups excluding carboxylic acids is 4. The van der Waals surface area contributed by atoms with Crippen molar-refractivity contribution in [3.05, 3.63) is 0 Å². The molecule has 0 radical (unpaired) electrons. The molecule has 33 heavy (non-hydrogen) atoms. The van der Waals surface area contributed by atoms with Crippen LogP contribution in [0.2, 0.25) is 0 Å². The number of aliphatic carboxylic acids is 1. The second-order valence-corrected chi connectivity index (χ2v) is 7.60. The molecule has 14 heteroatoms. The smallest absolute Gasteiger partial charge is 0.326 e. The Morgan fingerprint density at radius 3 is 2.15 bits per heavy atom. The van der Waals surface area contributed by atoms with E-state index in [1.54, 1.807) is 0 Å². The Bertz CT molecular complexity index is 797. The predicted molar refractivity (Wildman–Crippen MR) is 110 cm³/mol. The Kier molecular flexibility index (Phi) is 10.0. The standard InChI is InChI=1S/C19H30N4O10/c1-9(24)31-14-8-19(33-11(3)26,7-13(27)15(14)32-10(2)25)17(30)23-12(16(28)29)5-4-6-22-18(20)21/h12-15,27H,4-8H2,1-3H3,(H,23,30)(H,28,29)(H4,20,21,22)/t12-,13-,14+,15+,19-/m0/s1. The maximum Gasteiger partial charge on any atom is 0.326 e. The van der Waals surface area contributed by atoms with Crippen molar-refractivity contribution in [1.82, 2.24) is 5.32 Å². The quantitative estimate of drug-likeness (QED) is 0.0755. The first-order valence-electron chi connectivity index (χ1n) is 10.1. The molecule has 14 nitrogen and oxygen atoms in total. The van der Waals surface area contributed by atoms with Crippen LogP contribution in [0.15, 0.2) is 4.99 Å². The maximum absolute atomic E-state index is 13.1. The summed E-state index contributed by atoms with van der Waals surface area (Å²) in [5, 5.41) is 22.3. The number of hydrogen-bond acceptors (Lipinski definition) is 10. The normalized spacial score (nSPS) is 25.2. The van der Waals surface area contributed by atoms with Gasteiger partial charge in [0.1, 0.15) is 12.1 Å². The van der Waals surface area contributed by atoms with Gasteiger partial charge < -0.3 is 41.2 Å². The summed E-state index contributed by atoms with van der Waals surface area (Å²) in [5.41, 5.74) is 8.34. The average molecular weight is 474 g/mol. The molecule has 0 aromatic heterocycles. The highest BCUT2D eigenvalue weighted by atomic mass is 16.6. The highest BCUT2D eigenvalue weighted by molar-refractivity contribution is 5.91. The number of nitrogens with zero attached hydrogens (tertiary/aromatic N) is 1. The molecule has 0 saturated heterocycles. The van der Waals surface area contributed by atoms with E-state index in [2.05, 4.69) is 10.3 Å². The lowest BCUT2D eigenvalue weighted by Gasteiger charge is -2.44. The molecule has 1 fully saturated rings. The molecule has 5 atom stereocenters. The minimum atomic E-state index is -2.09. The van der Waals surface area contributed by atoms with Crippen LogP contribution in [0, 0.1) is 0 Å². The van der Waals surface area contributed by atoms with E-state index in [0.717, 1.165) is 20.8 Å². The van der Waals surface area contributed by atoms with Crippen LogP contribution in [-0.2, 0) is 38.2 Å². The largest absolute Gasteiger partial charge is 0.480 e. The van der Waals surface area contributed by atoms with Crippen LogP contribution in [-0.4, -0.2) is 82.5 Å². The third-order valence-corrected chi connectivity index (χ3v) is 4.74. The molecular weight excluding hydrogens is 444 g/mol. The molecule has 1 rings (SSSR count). The van der Waals surface area contributed by atoms with Crippen LogP contribution in [0.25, 0.3) is 0 Å². The molecule has 7 N–H and O–H groups in total. The number of nitrogens with two attached hydrogens (primary N) is 2. The van der Waals surface area contributed by atoms with Gasteiger partial charge in [-0.15, -0.1) is 0 Å². The Morgan fingerprint density at radius 1 is 1.06 bits per heavy atom. The van der Waals surface area contributed by atoms with Crippen LogP contribution >= 0.6 is 0 Å². The van der Waals surface area contributed by atoms with Crippen molar-refractivity contribution in [1.29, 1.82) is 0 Å². The van der Waals surface area contributed by atoms with E-state index in [-0.39, 0.29) is 25.3 Å². The van der Waals surface area contributed by atoms with Crippen LogP contribution in [0.4, 0.5) is 0 Å². The van der Waals surface area contributed by atoms with Gasteiger partial charge >= 0.3 is 23.9 Å². The molecule has 0 heterocycles. The number of aliphatic hydroxyl groups is 1. The van der Waals surface area contributed by atoms with Gasteiger partial charge in [-0.25, -0.2) is 4.79 Å². The second kappa shape index (κ2) is 12.0. The molecule has 0 spiro atoms. The Morgan fingerprint density at radius 2 is 1.67 bits per heavy atom. The summed E-state index contributed by atoms with van der Waals surface area (Å²) in [5.74, 6) is -5.03. The van der Waals surface area contributed by atoms with Crippen LogP contribution < -0.4 is 16.8 Å². The zero-order valence-electron chi connectivity index (χ0n) is 18.6. The number of carboxylic acids is 1. The SMILES string of the molecule is CC(=O)O[C@@H]1[C@@H](O)C[C@@](OC(C)=O)(C(=O)N[C@@H](CCCN=C(N)N)C(=O)O)C[C@H]1OC(C)=O. The highest BCUT2D eigenvalue weighted by Crippen LogP contribution is 2.36. The van der Waals surface area contributed by atoms with E-state index in [1.165, 1.54) is 0 Å². The molecule has 0 aromatic rings. The summed E-state index contributed by atoms with van der Waals surface area (Å²) in [4.78, 5) is 63.3. The second-order valence-electron chi connectivity index (χ2n) is 7.60. The first kappa shape index (κ1) is 27.6. The zero-order valence-corrected chi connectivity index (χ0v) is 18.6. The Hall–Kier alpha value is -3.42. The summed E-state index contributed by atoms with van der Waals surface area (Å²) >= 11 is 0. The number of ether oxygens (including phenoxy) is 3. The van der Waals surface area contributed by atoms with Crippen LogP contribution in [0.5, 0.6) is 0 Å². The lowest BCUT2D eigenvalue weighted by atomic mass is 9.78. The van der Waals surface area contributed by atoms with E-state index < -0.39 is 72.6 Å². The van der Waals surface area contributed by atoms with Crippen molar-refractivity contribution in [3.8, 4) is 0 Å². The van der Waals surface area contributed by atoms with Gasteiger partial charge in [-0.1, -0.05) is 0 Å². The van der Waals surface area contributed by atoms with Crippen molar-refractivity contribution in [3.63, 3.8) is 0 Å². The first-order valence-corrected chi connectivity index (χ1v) is 10.1. The maximum atomic E-state index is 13.1. The van der Waals surface area contributed by atoms with Gasteiger partial charge in [0.2, 0.25) is 0 Å². The molecule has 0 aromatic carbocycles. The molecule has 186 valence electrons. The number of esters is 3. The number of amides is 1. The van der Waals surface area contributed by atoms with Crippen molar-refractivity contribution in [2.24, 2.45) is 16.5 Å². The van der Waals surface area contributed by atoms with Crippen LogP contribution in [0.1, 0.15) is 46.5 Å². The first-order chi connectivity index (χ1) is 15.3. The lowest BCUT2D eigenvalue weighted by molar-refractivity contribution is -0.209. The summed E-state index contributed by atoms with van der Waals surface area (Å²) in [7, 11) is 0. The monoisotopic (exact) mass is 474 g/mol. The van der Waals surface area contributed by atoms with Gasteiger partial charge in [0.05, 0.1) is 6.10 Å². The summed E-state index contributed by atoms with van der Waals surface area (Å²) in [6, 6.07) is -1.39. The molecular formula is C19H30N4O10. The fourth-order valence-electron chi connectivity index (χ4n) is 3.54. The third kappa shape index (κ3) is 8.56. The topological polar surface area (TPSA) is 230 Å². The molecule has 0 aliphatic heterocycles.